The lowest BCUT2D eigenvalue weighted by molar-refractivity contribution is 0.0754. The smallest absolute Gasteiger partial charge is 0.268 e. The molecule has 0 heterocycles. The van der Waals surface area contributed by atoms with E-state index in [4.69, 9.17) is 0 Å². The van der Waals surface area contributed by atoms with E-state index in [9.17, 15) is 22.4 Å². The van der Waals surface area contributed by atoms with Gasteiger partial charge in [-0.3, -0.25) is 9.80 Å². The Bertz CT molecular complexity index is 123. The Labute approximate surface area is 66.5 Å². The van der Waals surface area contributed by atoms with Crippen LogP contribution in [0.1, 0.15) is 0 Å². The van der Waals surface area contributed by atoms with Gasteiger partial charge in [-0.1, -0.05) is 0 Å². The quantitative estimate of drug-likeness (QED) is 0.483. The fourth-order valence-electron chi connectivity index (χ4n) is 0.468. The van der Waals surface area contributed by atoms with Crippen LogP contribution in [0.3, 0.4) is 0 Å². The highest BCUT2D eigenvalue weighted by molar-refractivity contribution is 5.73. The van der Waals surface area contributed by atoms with Crippen LogP contribution in [-0.2, 0) is 0 Å². The third kappa shape index (κ3) is 2.55. The average molecular weight is 188 g/mol. The van der Waals surface area contributed by atoms with E-state index in [2.05, 4.69) is 0 Å². The zero-order valence-corrected chi connectivity index (χ0v) is 6.14. The topological polar surface area (TPSA) is 23.6 Å². The van der Waals surface area contributed by atoms with Crippen LogP contribution in [0, 0.1) is 0 Å². The molecule has 0 unspecified atom stereocenters. The highest BCUT2D eigenvalue weighted by Crippen LogP contribution is 2.00. The van der Waals surface area contributed by atoms with Crippen molar-refractivity contribution in [2.45, 2.75) is 0 Å². The normalized spacial score (nSPS) is 9.67. The maximum Gasteiger partial charge on any atom is 0.328 e. The van der Waals surface area contributed by atoms with E-state index in [1.165, 1.54) is 0 Å². The predicted molar refractivity (Wildman–Crippen MR) is 33.0 cm³/mol. The first-order chi connectivity index (χ1) is 5.71. The van der Waals surface area contributed by atoms with Crippen molar-refractivity contribution in [3.8, 4) is 0 Å². The second-order valence-electron chi connectivity index (χ2n) is 1.84. The maximum absolute atomic E-state index is 11.7. The van der Waals surface area contributed by atoms with Crippen molar-refractivity contribution < 1.29 is 22.4 Å². The minimum absolute atomic E-state index is 0.0269. The molecule has 0 radical (unpaired) electrons. The van der Waals surface area contributed by atoms with Crippen LogP contribution in [0.5, 0.6) is 0 Å². The molecule has 0 fully saturated rings. The van der Waals surface area contributed by atoms with E-state index in [1.807, 2.05) is 0 Å². The van der Waals surface area contributed by atoms with Crippen molar-refractivity contribution in [2.75, 3.05) is 27.2 Å². The first-order valence-electron chi connectivity index (χ1n) is 2.99. The van der Waals surface area contributed by atoms with Gasteiger partial charge in [0.15, 0.2) is 27.2 Å². The van der Waals surface area contributed by atoms with Gasteiger partial charge in [-0.2, -0.15) is 0 Å². The summed E-state index contributed by atoms with van der Waals surface area (Å²) in [6, 6.07) is -1.34. The van der Waals surface area contributed by atoms with Gasteiger partial charge >= 0.3 is 6.03 Å². The molecule has 0 saturated heterocycles. The lowest BCUT2D eigenvalue weighted by Gasteiger charge is -2.21. The van der Waals surface area contributed by atoms with Gasteiger partial charge in [-0.05, 0) is 0 Å². The Hall–Kier alpha value is -1.01. The van der Waals surface area contributed by atoms with E-state index in [1.54, 1.807) is 0 Å². The maximum atomic E-state index is 11.7. The van der Waals surface area contributed by atoms with Crippen LogP contribution in [0.25, 0.3) is 0 Å². The molecule has 12 heavy (non-hydrogen) atoms. The average Bonchev–Trinajstić information content (AvgIpc) is 2.09. The number of rotatable bonds is 4. The summed E-state index contributed by atoms with van der Waals surface area (Å²) in [5, 5.41) is 0. The summed E-state index contributed by atoms with van der Waals surface area (Å²) >= 11 is 0. The number of urea groups is 1. The van der Waals surface area contributed by atoms with Gasteiger partial charge < -0.3 is 0 Å². The second kappa shape index (κ2) is 5.62. The minimum atomic E-state index is -1.41. The van der Waals surface area contributed by atoms with Crippen molar-refractivity contribution in [3.05, 3.63) is 0 Å². The van der Waals surface area contributed by atoms with Gasteiger partial charge in [0.25, 0.3) is 0 Å². The summed E-state index contributed by atoms with van der Waals surface area (Å²) in [5.41, 5.74) is 0. The van der Waals surface area contributed by atoms with Gasteiger partial charge in [-0.25, -0.2) is 22.4 Å². The summed E-state index contributed by atoms with van der Waals surface area (Å²) in [4.78, 5) is 10.7. The number of alkyl halides is 4. The van der Waals surface area contributed by atoms with Crippen LogP contribution < -0.4 is 0 Å². The highest BCUT2D eigenvalue weighted by atomic mass is 19.2. The number of amides is 2. The molecule has 0 aliphatic heterocycles. The molecule has 7 heteroatoms. The first kappa shape index (κ1) is 11.0. The van der Waals surface area contributed by atoms with Gasteiger partial charge in [0.1, 0.15) is 0 Å². The van der Waals surface area contributed by atoms with Crippen LogP contribution >= 0.6 is 0 Å². The molecule has 72 valence electrons. The molecule has 0 aromatic rings. The molecule has 2 amide bonds. The number of halogens is 4. The number of nitrogens with zero attached hydrogens (tertiary/aromatic N) is 2. The van der Waals surface area contributed by atoms with Crippen LogP contribution in [0.15, 0.2) is 0 Å². The van der Waals surface area contributed by atoms with Gasteiger partial charge in [0, 0.05) is 0 Å². The summed E-state index contributed by atoms with van der Waals surface area (Å²) < 4.78 is 46.9. The van der Waals surface area contributed by atoms with Crippen LogP contribution in [0.2, 0.25) is 0 Å². The largest absolute Gasteiger partial charge is 0.328 e. The zero-order chi connectivity index (χ0) is 9.56. The van der Waals surface area contributed by atoms with Crippen molar-refractivity contribution in [2.24, 2.45) is 0 Å². The number of hydrogen-bond acceptors (Lipinski definition) is 1. The molecule has 3 nitrogen and oxygen atoms in total. The fraction of sp³-hybridized carbons (Fsp3) is 0.800. The molecule has 0 spiro atoms. The third-order valence-electron chi connectivity index (χ3n) is 1.12. The lowest BCUT2D eigenvalue weighted by Crippen LogP contribution is -2.41. The summed E-state index contributed by atoms with van der Waals surface area (Å²) in [6.45, 7) is -5.64. The molecule has 0 aliphatic rings. The molecule has 0 aromatic carbocycles. The van der Waals surface area contributed by atoms with Crippen molar-refractivity contribution in [1.29, 1.82) is 0 Å². The van der Waals surface area contributed by atoms with Gasteiger partial charge in [-0.15, -0.1) is 0 Å². The first-order valence-corrected chi connectivity index (χ1v) is 2.99. The van der Waals surface area contributed by atoms with Crippen molar-refractivity contribution >= 4 is 6.03 Å². The van der Waals surface area contributed by atoms with E-state index in [-0.39, 0.29) is 9.80 Å². The minimum Gasteiger partial charge on any atom is -0.268 e. The lowest BCUT2D eigenvalue weighted by atomic mass is 10.7. The standard InChI is InChI=1S/C5H8F4N2O/c6-1-10(2-7)5(12)11(3-8)4-9/h1-4H2. The van der Waals surface area contributed by atoms with E-state index in [0.29, 0.717) is 0 Å². The molecule has 0 saturated carbocycles. The molecule has 0 rings (SSSR count). The monoisotopic (exact) mass is 188 g/mol. The Kier molecular flexibility index (Phi) is 5.14. The summed E-state index contributed by atoms with van der Waals surface area (Å²) in [7, 11) is 0. The van der Waals surface area contributed by atoms with Crippen LogP contribution in [-0.4, -0.2) is 43.0 Å². The second-order valence-corrected chi connectivity index (χ2v) is 1.84. The molecule has 0 bridgehead atoms. The number of hydrogen-bond donors (Lipinski definition) is 0. The molecular weight excluding hydrogens is 180 g/mol. The van der Waals surface area contributed by atoms with Crippen molar-refractivity contribution in [3.63, 3.8) is 0 Å². The highest BCUT2D eigenvalue weighted by Gasteiger charge is 2.19. The predicted octanol–water partition coefficient (Wildman–Crippen LogP) is 1.42. The Balaban J connectivity index is 4.12. The van der Waals surface area contributed by atoms with Crippen LogP contribution in [0.4, 0.5) is 22.4 Å². The number of carbonyl (C=O) groups is 1. The Morgan fingerprint density at radius 1 is 0.833 bits per heavy atom. The zero-order valence-electron chi connectivity index (χ0n) is 6.14. The fourth-order valence-corrected chi connectivity index (χ4v) is 0.468. The molecule has 0 aliphatic carbocycles. The number of carbonyl (C=O) groups excluding carboxylic acids is 1. The van der Waals surface area contributed by atoms with E-state index in [0.717, 1.165) is 0 Å². The Morgan fingerprint density at radius 3 is 1.25 bits per heavy atom. The molecule has 0 aromatic heterocycles. The SMILES string of the molecule is O=C(N(CF)CF)N(CF)CF. The Morgan fingerprint density at radius 2 is 1.08 bits per heavy atom. The van der Waals surface area contributed by atoms with Gasteiger partial charge in [0.05, 0.1) is 0 Å². The summed E-state index contributed by atoms with van der Waals surface area (Å²) in [5.74, 6) is 0. The molecular formula is C5H8F4N2O. The third-order valence-corrected chi connectivity index (χ3v) is 1.12. The van der Waals surface area contributed by atoms with Gasteiger partial charge in [0.2, 0.25) is 0 Å². The molecule has 0 atom stereocenters. The summed E-state index contributed by atoms with van der Waals surface area (Å²) in [6.07, 6.45) is 0. The van der Waals surface area contributed by atoms with E-state index >= 15 is 0 Å². The molecule has 0 N–H and O–H groups in total. The van der Waals surface area contributed by atoms with Crippen molar-refractivity contribution in [1.82, 2.24) is 9.80 Å². The van der Waals surface area contributed by atoms with E-state index < -0.39 is 33.2 Å².